The number of carboxylic acids is 1. The molecule has 0 spiro atoms. The van der Waals surface area contributed by atoms with Crippen LogP contribution in [0.15, 0.2) is 28.0 Å². The minimum Gasteiger partial charge on any atom is -0.480 e. The average molecular weight is 257 g/mol. The molecule has 0 aromatic heterocycles. The van der Waals surface area contributed by atoms with Gasteiger partial charge in [0, 0.05) is 9.79 Å². The second-order valence-electron chi connectivity index (χ2n) is 3.33. The van der Waals surface area contributed by atoms with Crippen molar-refractivity contribution in [2.45, 2.75) is 22.3 Å². The van der Waals surface area contributed by atoms with Crippen LogP contribution < -0.4 is 5.73 Å². The molecule has 88 valence electrons. The van der Waals surface area contributed by atoms with E-state index < -0.39 is 12.0 Å². The zero-order valence-corrected chi connectivity index (χ0v) is 10.9. The molecule has 1 aromatic carbocycles. The monoisotopic (exact) mass is 257 g/mol. The van der Waals surface area contributed by atoms with E-state index in [-0.39, 0.29) is 0 Å². The molecule has 5 heteroatoms. The molecule has 1 atom stereocenters. The van der Waals surface area contributed by atoms with Gasteiger partial charge in [0.05, 0.1) is 0 Å². The van der Waals surface area contributed by atoms with E-state index >= 15 is 0 Å². The maximum atomic E-state index is 10.7. The van der Waals surface area contributed by atoms with Gasteiger partial charge >= 0.3 is 5.97 Å². The fourth-order valence-corrected chi connectivity index (χ4v) is 2.52. The lowest BCUT2D eigenvalue weighted by Crippen LogP contribution is -2.32. The highest BCUT2D eigenvalue weighted by Gasteiger charge is 2.14. The van der Waals surface area contributed by atoms with E-state index in [1.807, 2.05) is 24.6 Å². The van der Waals surface area contributed by atoms with Gasteiger partial charge in [-0.2, -0.15) is 0 Å². The summed E-state index contributed by atoms with van der Waals surface area (Å²) in [5, 5.41) is 8.77. The molecule has 3 N–H and O–H groups in total. The Kier molecular flexibility index (Phi) is 5.18. The Morgan fingerprint density at radius 3 is 2.62 bits per heavy atom. The first kappa shape index (κ1) is 13.4. The van der Waals surface area contributed by atoms with Gasteiger partial charge in [-0.15, -0.1) is 23.5 Å². The first-order chi connectivity index (χ1) is 7.58. The Balaban J connectivity index is 2.91. The lowest BCUT2D eigenvalue weighted by atomic mass is 10.1. The van der Waals surface area contributed by atoms with Crippen molar-refractivity contribution in [3.8, 4) is 0 Å². The van der Waals surface area contributed by atoms with E-state index in [1.165, 1.54) is 4.90 Å². The van der Waals surface area contributed by atoms with Crippen molar-refractivity contribution < 1.29 is 9.90 Å². The van der Waals surface area contributed by atoms with Crippen molar-refractivity contribution in [1.29, 1.82) is 0 Å². The fraction of sp³-hybridized carbons (Fsp3) is 0.364. The zero-order chi connectivity index (χ0) is 12.1. The van der Waals surface area contributed by atoms with Gasteiger partial charge in [0.25, 0.3) is 0 Å². The minimum atomic E-state index is -0.957. The van der Waals surface area contributed by atoms with Gasteiger partial charge in [-0.1, -0.05) is 6.07 Å². The summed E-state index contributed by atoms with van der Waals surface area (Å²) in [4.78, 5) is 13.0. The molecular formula is C11H15NO2S2. The van der Waals surface area contributed by atoms with E-state index in [1.54, 1.807) is 23.5 Å². The van der Waals surface area contributed by atoms with Crippen molar-refractivity contribution in [3.05, 3.63) is 23.8 Å². The molecule has 0 amide bonds. The predicted molar refractivity (Wildman–Crippen MR) is 69.3 cm³/mol. The van der Waals surface area contributed by atoms with Gasteiger partial charge < -0.3 is 10.8 Å². The summed E-state index contributed by atoms with van der Waals surface area (Å²) < 4.78 is 0. The van der Waals surface area contributed by atoms with Crippen LogP contribution in [-0.4, -0.2) is 29.6 Å². The third-order valence-electron chi connectivity index (χ3n) is 2.25. The number of benzene rings is 1. The molecule has 0 fully saturated rings. The number of rotatable bonds is 5. The zero-order valence-electron chi connectivity index (χ0n) is 9.27. The molecule has 0 aliphatic rings. The van der Waals surface area contributed by atoms with Crippen LogP contribution in [0.25, 0.3) is 0 Å². The number of hydrogen-bond donors (Lipinski definition) is 2. The van der Waals surface area contributed by atoms with Crippen molar-refractivity contribution in [2.75, 3.05) is 12.5 Å². The fourth-order valence-electron chi connectivity index (χ4n) is 1.34. The van der Waals surface area contributed by atoms with Crippen LogP contribution in [0.3, 0.4) is 0 Å². The molecule has 1 aromatic rings. The van der Waals surface area contributed by atoms with Gasteiger partial charge in [0.2, 0.25) is 0 Å². The summed E-state index contributed by atoms with van der Waals surface area (Å²) in [6.45, 7) is 0. The molecule has 3 nitrogen and oxygen atoms in total. The molecule has 0 bridgehead atoms. The summed E-state index contributed by atoms with van der Waals surface area (Å²) >= 11 is 3.29. The first-order valence-corrected chi connectivity index (χ1v) is 7.22. The van der Waals surface area contributed by atoms with Crippen molar-refractivity contribution in [1.82, 2.24) is 0 Å². The van der Waals surface area contributed by atoms with Crippen LogP contribution in [0.4, 0.5) is 0 Å². The molecule has 0 heterocycles. The van der Waals surface area contributed by atoms with Crippen LogP contribution in [0.5, 0.6) is 0 Å². The maximum Gasteiger partial charge on any atom is 0.320 e. The minimum absolute atomic E-state index is 0.375. The summed E-state index contributed by atoms with van der Waals surface area (Å²) in [6, 6.07) is 5.19. The van der Waals surface area contributed by atoms with Crippen molar-refractivity contribution in [2.24, 2.45) is 5.73 Å². The summed E-state index contributed by atoms with van der Waals surface area (Å²) in [7, 11) is 0. The SMILES string of the molecule is CSc1ccc(CC(N)C(=O)O)c(SC)c1. The van der Waals surface area contributed by atoms with Crippen molar-refractivity contribution >= 4 is 29.5 Å². The van der Waals surface area contributed by atoms with E-state index in [4.69, 9.17) is 10.8 Å². The standard InChI is InChI=1S/C11H15NO2S2/c1-15-8-4-3-7(10(6-8)16-2)5-9(12)11(13)14/h3-4,6,9H,5,12H2,1-2H3,(H,13,14). The molecule has 16 heavy (non-hydrogen) atoms. The highest BCUT2D eigenvalue weighted by Crippen LogP contribution is 2.26. The van der Waals surface area contributed by atoms with Crippen LogP contribution in [0, 0.1) is 0 Å². The number of hydrogen-bond acceptors (Lipinski definition) is 4. The van der Waals surface area contributed by atoms with E-state index in [0.29, 0.717) is 6.42 Å². The van der Waals surface area contributed by atoms with Crippen LogP contribution >= 0.6 is 23.5 Å². The quantitative estimate of drug-likeness (QED) is 0.791. The maximum absolute atomic E-state index is 10.7. The average Bonchev–Trinajstić information content (AvgIpc) is 2.29. The summed E-state index contributed by atoms with van der Waals surface area (Å²) in [6.07, 6.45) is 4.37. The second kappa shape index (κ2) is 6.18. The first-order valence-electron chi connectivity index (χ1n) is 4.77. The van der Waals surface area contributed by atoms with Gasteiger partial charge in [0.15, 0.2) is 0 Å². The lowest BCUT2D eigenvalue weighted by molar-refractivity contribution is -0.138. The number of carboxylic acid groups (broad SMARTS) is 1. The van der Waals surface area contributed by atoms with Crippen LogP contribution in [0.2, 0.25) is 0 Å². The number of thioether (sulfide) groups is 2. The Morgan fingerprint density at radius 2 is 2.12 bits per heavy atom. The van der Waals surface area contributed by atoms with Gasteiger partial charge in [-0.25, -0.2) is 0 Å². The van der Waals surface area contributed by atoms with Crippen LogP contribution in [-0.2, 0) is 11.2 Å². The van der Waals surface area contributed by atoms with Crippen LogP contribution in [0.1, 0.15) is 5.56 Å². The van der Waals surface area contributed by atoms with E-state index in [2.05, 4.69) is 6.07 Å². The number of aliphatic carboxylic acids is 1. The Morgan fingerprint density at radius 1 is 1.44 bits per heavy atom. The van der Waals surface area contributed by atoms with Gasteiger partial charge in [-0.3, -0.25) is 4.79 Å². The number of nitrogens with two attached hydrogens (primary N) is 1. The predicted octanol–water partition coefficient (Wildman–Crippen LogP) is 2.08. The molecule has 0 saturated heterocycles. The molecule has 0 saturated carbocycles. The highest BCUT2D eigenvalue weighted by atomic mass is 32.2. The topological polar surface area (TPSA) is 63.3 Å². The summed E-state index contributed by atoms with van der Waals surface area (Å²) in [5.74, 6) is -0.957. The molecule has 0 aliphatic heterocycles. The highest BCUT2D eigenvalue weighted by molar-refractivity contribution is 7.99. The summed E-state index contributed by atoms with van der Waals surface area (Å²) in [5.41, 5.74) is 6.53. The van der Waals surface area contributed by atoms with E-state index in [9.17, 15) is 4.79 Å². The second-order valence-corrected chi connectivity index (χ2v) is 5.05. The van der Waals surface area contributed by atoms with Crippen molar-refractivity contribution in [3.63, 3.8) is 0 Å². The Hall–Kier alpha value is -0.650. The molecule has 0 aliphatic carbocycles. The van der Waals surface area contributed by atoms with E-state index in [0.717, 1.165) is 10.5 Å². The molecule has 1 rings (SSSR count). The lowest BCUT2D eigenvalue weighted by Gasteiger charge is -2.11. The molecular weight excluding hydrogens is 242 g/mol. The molecule has 0 radical (unpaired) electrons. The molecule has 1 unspecified atom stereocenters. The van der Waals surface area contributed by atoms with Gasteiger partial charge in [0.1, 0.15) is 6.04 Å². The third kappa shape index (κ3) is 3.43. The number of carbonyl (C=O) groups is 1. The Bertz CT molecular complexity index is 382. The normalized spacial score (nSPS) is 12.4. The Labute approximate surface area is 104 Å². The smallest absolute Gasteiger partial charge is 0.320 e. The largest absolute Gasteiger partial charge is 0.480 e. The van der Waals surface area contributed by atoms with Gasteiger partial charge in [-0.05, 0) is 36.6 Å². The third-order valence-corrected chi connectivity index (χ3v) is 3.80.